The van der Waals surface area contributed by atoms with E-state index in [0.29, 0.717) is 17.9 Å². The van der Waals surface area contributed by atoms with Gasteiger partial charge in [-0.15, -0.1) is 0 Å². The van der Waals surface area contributed by atoms with E-state index in [1.54, 1.807) is 0 Å². The monoisotopic (exact) mass is 236 g/mol. The van der Waals surface area contributed by atoms with Gasteiger partial charge in [-0.1, -0.05) is 6.42 Å². The minimum absolute atomic E-state index is 0.314. The summed E-state index contributed by atoms with van der Waals surface area (Å²) in [6.07, 6.45) is 8.49. The first-order valence-corrected chi connectivity index (χ1v) is 7.31. The molecule has 17 heavy (non-hydrogen) atoms. The lowest BCUT2D eigenvalue weighted by atomic mass is 9.92. The summed E-state index contributed by atoms with van der Waals surface area (Å²) in [5.74, 6) is 2.66. The molecule has 3 fully saturated rings. The van der Waals surface area contributed by atoms with Crippen LogP contribution in [0.5, 0.6) is 0 Å². The number of rotatable bonds is 3. The molecule has 2 N–H and O–H groups in total. The van der Waals surface area contributed by atoms with Gasteiger partial charge in [0.25, 0.3) is 0 Å². The van der Waals surface area contributed by atoms with Crippen LogP contribution < -0.4 is 10.6 Å². The van der Waals surface area contributed by atoms with Crippen LogP contribution >= 0.6 is 0 Å². The van der Waals surface area contributed by atoms with E-state index in [9.17, 15) is 4.79 Å². The summed E-state index contributed by atoms with van der Waals surface area (Å²) in [4.78, 5) is 12.0. The van der Waals surface area contributed by atoms with E-state index in [1.807, 2.05) is 0 Å². The van der Waals surface area contributed by atoms with Gasteiger partial charge in [0.1, 0.15) is 0 Å². The Kier molecular flexibility index (Phi) is 3.37. The molecule has 3 heteroatoms. The van der Waals surface area contributed by atoms with Crippen molar-refractivity contribution in [2.75, 3.05) is 13.1 Å². The fraction of sp³-hybridized carbons (Fsp3) is 0.929. The minimum atomic E-state index is 0.314. The van der Waals surface area contributed by atoms with Gasteiger partial charge < -0.3 is 10.6 Å². The quantitative estimate of drug-likeness (QED) is 0.783. The van der Waals surface area contributed by atoms with Crippen molar-refractivity contribution in [1.82, 2.24) is 10.6 Å². The molecule has 96 valence electrons. The number of carbonyl (C=O) groups is 1. The largest absolute Gasteiger partial charge is 0.353 e. The van der Waals surface area contributed by atoms with Crippen LogP contribution in [-0.4, -0.2) is 25.0 Å². The van der Waals surface area contributed by atoms with Crippen LogP contribution in [0.2, 0.25) is 0 Å². The van der Waals surface area contributed by atoms with Crippen LogP contribution in [0.1, 0.15) is 44.9 Å². The Morgan fingerprint density at radius 2 is 1.94 bits per heavy atom. The Labute approximate surface area is 104 Å². The standard InChI is InChI=1S/C14H24N2O/c17-14(9-10-3-5-15-6-4-10)16-13-8-11-1-2-12(13)7-11/h10-13,15H,1-9H2,(H,16,17). The van der Waals surface area contributed by atoms with Gasteiger partial charge >= 0.3 is 0 Å². The Hall–Kier alpha value is -0.570. The average Bonchev–Trinajstić information content (AvgIpc) is 2.92. The second-order valence-corrected chi connectivity index (χ2v) is 6.25. The Morgan fingerprint density at radius 1 is 1.12 bits per heavy atom. The van der Waals surface area contributed by atoms with Crippen molar-refractivity contribution in [3.05, 3.63) is 0 Å². The number of nitrogens with one attached hydrogen (secondary N) is 2. The van der Waals surface area contributed by atoms with Gasteiger partial charge in [-0.05, 0) is 62.9 Å². The molecule has 1 amide bonds. The van der Waals surface area contributed by atoms with Crippen molar-refractivity contribution in [2.45, 2.75) is 51.0 Å². The summed E-state index contributed by atoms with van der Waals surface area (Å²) in [5.41, 5.74) is 0. The molecule has 0 aromatic heterocycles. The predicted octanol–water partition coefficient (Wildman–Crippen LogP) is 1.68. The maximum absolute atomic E-state index is 12.0. The molecule has 3 rings (SSSR count). The summed E-state index contributed by atoms with van der Waals surface area (Å²) < 4.78 is 0. The number of hydrogen-bond donors (Lipinski definition) is 2. The van der Waals surface area contributed by atoms with Crippen molar-refractivity contribution in [3.8, 4) is 0 Å². The second-order valence-electron chi connectivity index (χ2n) is 6.25. The summed E-state index contributed by atoms with van der Waals surface area (Å²) >= 11 is 0. The summed E-state index contributed by atoms with van der Waals surface area (Å²) in [5, 5.41) is 6.65. The molecule has 0 radical (unpaired) electrons. The normalized spacial score (nSPS) is 37.3. The zero-order valence-corrected chi connectivity index (χ0v) is 10.6. The molecule has 1 heterocycles. The Balaban J connectivity index is 1.44. The summed E-state index contributed by atoms with van der Waals surface area (Å²) in [6.45, 7) is 2.18. The molecule has 2 saturated carbocycles. The third-order valence-corrected chi connectivity index (χ3v) is 5.02. The van der Waals surface area contributed by atoms with Crippen molar-refractivity contribution in [1.29, 1.82) is 0 Å². The Bertz CT molecular complexity index is 286. The highest BCUT2D eigenvalue weighted by Gasteiger charge is 2.40. The molecule has 0 spiro atoms. The van der Waals surface area contributed by atoms with Crippen LogP contribution in [-0.2, 0) is 4.79 Å². The van der Waals surface area contributed by atoms with Crippen molar-refractivity contribution >= 4 is 5.91 Å². The fourth-order valence-electron chi connectivity index (χ4n) is 4.04. The third kappa shape index (κ3) is 2.65. The molecule has 1 aliphatic heterocycles. The topological polar surface area (TPSA) is 41.1 Å². The highest BCUT2D eigenvalue weighted by atomic mass is 16.1. The lowest BCUT2D eigenvalue weighted by molar-refractivity contribution is -0.123. The molecule has 2 aliphatic carbocycles. The second kappa shape index (κ2) is 4.97. The first-order valence-electron chi connectivity index (χ1n) is 7.31. The zero-order valence-electron chi connectivity index (χ0n) is 10.6. The SMILES string of the molecule is O=C(CC1CCNCC1)NC1CC2CCC1C2. The van der Waals surface area contributed by atoms with Gasteiger partial charge in [0.2, 0.25) is 5.91 Å². The van der Waals surface area contributed by atoms with Crippen LogP contribution in [0, 0.1) is 17.8 Å². The fourth-order valence-corrected chi connectivity index (χ4v) is 4.04. The molecule has 0 aromatic carbocycles. The van der Waals surface area contributed by atoms with Crippen molar-refractivity contribution in [3.63, 3.8) is 0 Å². The summed E-state index contributed by atoms with van der Waals surface area (Å²) in [6, 6.07) is 0.517. The molecule has 3 unspecified atom stereocenters. The number of amides is 1. The van der Waals surface area contributed by atoms with Crippen molar-refractivity contribution in [2.24, 2.45) is 17.8 Å². The molecule has 1 saturated heterocycles. The molecular formula is C14H24N2O. The number of fused-ring (bicyclic) bond motifs is 2. The van der Waals surface area contributed by atoms with Crippen LogP contribution in [0.25, 0.3) is 0 Å². The molecule has 0 aromatic rings. The van der Waals surface area contributed by atoms with E-state index < -0.39 is 0 Å². The predicted molar refractivity (Wildman–Crippen MR) is 67.6 cm³/mol. The molecular weight excluding hydrogens is 212 g/mol. The highest BCUT2D eigenvalue weighted by molar-refractivity contribution is 5.76. The van der Waals surface area contributed by atoms with Gasteiger partial charge in [0.15, 0.2) is 0 Å². The van der Waals surface area contributed by atoms with Gasteiger partial charge in [0, 0.05) is 12.5 Å². The maximum atomic E-state index is 12.0. The van der Waals surface area contributed by atoms with E-state index in [0.717, 1.165) is 31.3 Å². The van der Waals surface area contributed by atoms with E-state index >= 15 is 0 Å². The molecule has 3 aliphatic rings. The van der Waals surface area contributed by atoms with E-state index in [-0.39, 0.29) is 0 Å². The zero-order chi connectivity index (χ0) is 11.7. The van der Waals surface area contributed by atoms with Gasteiger partial charge in [-0.3, -0.25) is 4.79 Å². The average molecular weight is 236 g/mol. The minimum Gasteiger partial charge on any atom is -0.353 e. The van der Waals surface area contributed by atoms with E-state index in [1.165, 1.54) is 38.5 Å². The Morgan fingerprint density at radius 3 is 2.59 bits per heavy atom. The third-order valence-electron chi connectivity index (χ3n) is 5.02. The molecule has 3 atom stereocenters. The summed E-state index contributed by atoms with van der Waals surface area (Å²) in [7, 11) is 0. The van der Waals surface area contributed by atoms with Gasteiger partial charge in [-0.25, -0.2) is 0 Å². The first kappa shape index (κ1) is 11.5. The molecule has 3 nitrogen and oxygen atoms in total. The van der Waals surface area contributed by atoms with Crippen LogP contribution in [0.4, 0.5) is 0 Å². The van der Waals surface area contributed by atoms with E-state index in [4.69, 9.17) is 0 Å². The lowest BCUT2D eigenvalue weighted by Crippen LogP contribution is -2.40. The van der Waals surface area contributed by atoms with Gasteiger partial charge in [0.05, 0.1) is 0 Å². The van der Waals surface area contributed by atoms with Crippen LogP contribution in [0.15, 0.2) is 0 Å². The maximum Gasteiger partial charge on any atom is 0.220 e. The highest BCUT2D eigenvalue weighted by Crippen LogP contribution is 2.44. The first-order chi connectivity index (χ1) is 8.31. The van der Waals surface area contributed by atoms with E-state index in [2.05, 4.69) is 10.6 Å². The van der Waals surface area contributed by atoms with Crippen molar-refractivity contribution < 1.29 is 4.79 Å². The number of piperidine rings is 1. The van der Waals surface area contributed by atoms with Crippen LogP contribution in [0.3, 0.4) is 0 Å². The lowest BCUT2D eigenvalue weighted by Gasteiger charge is -2.26. The number of carbonyl (C=O) groups excluding carboxylic acids is 1. The smallest absolute Gasteiger partial charge is 0.220 e. The van der Waals surface area contributed by atoms with Gasteiger partial charge in [-0.2, -0.15) is 0 Å². The molecule has 2 bridgehead atoms. The number of hydrogen-bond acceptors (Lipinski definition) is 2.